The van der Waals surface area contributed by atoms with Crippen molar-refractivity contribution in [2.45, 2.75) is 6.54 Å². The molecule has 4 nitrogen and oxygen atoms in total. The number of hydrogen-bond donors (Lipinski definition) is 1. The van der Waals surface area contributed by atoms with Crippen molar-refractivity contribution in [1.29, 1.82) is 0 Å². The number of aldehydes is 1. The molecule has 1 aliphatic heterocycles. The molecule has 1 aliphatic rings. The molecule has 1 fully saturated rings. The molecule has 4 heteroatoms. The van der Waals surface area contributed by atoms with Crippen molar-refractivity contribution in [3.8, 4) is 11.8 Å². The third-order valence-electron chi connectivity index (χ3n) is 4.39. The van der Waals surface area contributed by atoms with Crippen LogP contribution in [0.4, 0.5) is 0 Å². The standard InChI is InChI=1S/C22H24N2O2/c25-18-22-9-5-20(6-10-22)2-1-19-3-7-21(8-4-19)17-23-11-12-24-13-15-26-16-14-24/h3-10,18,23H,11-17H2. The number of hydrogen-bond acceptors (Lipinski definition) is 4. The highest BCUT2D eigenvalue weighted by Crippen LogP contribution is 2.05. The smallest absolute Gasteiger partial charge is 0.150 e. The van der Waals surface area contributed by atoms with E-state index in [0.29, 0.717) is 5.56 Å². The Morgan fingerprint density at radius 2 is 1.58 bits per heavy atom. The van der Waals surface area contributed by atoms with Crippen LogP contribution in [-0.4, -0.2) is 50.6 Å². The summed E-state index contributed by atoms with van der Waals surface area (Å²) in [6, 6.07) is 15.6. The van der Waals surface area contributed by atoms with E-state index in [9.17, 15) is 4.79 Å². The third kappa shape index (κ3) is 5.82. The highest BCUT2D eigenvalue weighted by molar-refractivity contribution is 5.74. The Balaban J connectivity index is 1.44. The summed E-state index contributed by atoms with van der Waals surface area (Å²) in [7, 11) is 0. The molecule has 1 saturated heterocycles. The van der Waals surface area contributed by atoms with Gasteiger partial charge in [-0.15, -0.1) is 0 Å². The van der Waals surface area contributed by atoms with Crippen LogP contribution in [0.2, 0.25) is 0 Å². The van der Waals surface area contributed by atoms with E-state index in [1.165, 1.54) is 5.56 Å². The van der Waals surface area contributed by atoms with E-state index in [-0.39, 0.29) is 0 Å². The zero-order valence-electron chi connectivity index (χ0n) is 14.9. The molecule has 0 atom stereocenters. The molecule has 0 amide bonds. The molecule has 26 heavy (non-hydrogen) atoms. The summed E-state index contributed by atoms with van der Waals surface area (Å²) in [6.07, 6.45) is 0.838. The number of carbonyl (C=O) groups is 1. The number of nitrogens with one attached hydrogen (secondary N) is 1. The lowest BCUT2D eigenvalue weighted by Gasteiger charge is -2.26. The van der Waals surface area contributed by atoms with Crippen LogP contribution in [0.5, 0.6) is 0 Å². The first-order chi connectivity index (χ1) is 12.8. The first-order valence-electron chi connectivity index (χ1n) is 9.00. The summed E-state index contributed by atoms with van der Waals surface area (Å²) < 4.78 is 5.36. The predicted octanol–water partition coefficient (Wildman–Crippen LogP) is 2.32. The minimum atomic E-state index is 0.668. The van der Waals surface area contributed by atoms with Crippen LogP contribution in [0, 0.1) is 11.8 Å². The number of benzene rings is 2. The molecule has 2 aromatic rings. The van der Waals surface area contributed by atoms with Crippen molar-refractivity contribution in [2.24, 2.45) is 0 Å². The maximum Gasteiger partial charge on any atom is 0.150 e. The molecule has 0 aromatic heterocycles. The lowest BCUT2D eigenvalue weighted by atomic mass is 10.1. The van der Waals surface area contributed by atoms with Crippen LogP contribution in [0.1, 0.15) is 27.0 Å². The lowest BCUT2D eigenvalue weighted by Crippen LogP contribution is -2.40. The average molecular weight is 348 g/mol. The molecule has 0 radical (unpaired) electrons. The van der Waals surface area contributed by atoms with Gasteiger partial charge in [-0.05, 0) is 29.8 Å². The number of rotatable bonds is 6. The van der Waals surface area contributed by atoms with Gasteiger partial charge in [-0.3, -0.25) is 9.69 Å². The Labute approximate surface area is 155 Å². The quantitative estimate of drug-likeness (QED) is 0.494. The SMILES string of the molecule is O=Cc1ccc(C#Cc2ccc(CNCCN3CCOCC3)cc2)cc1. The Morgan fingerprint density at radius 3 is 2.19 bits per heavy atom. The topological polar surface area (TPSA) is 41.6 Å². The van der Waals surface area contributed by atoms with Crippen molar-refractivity contribution < 1.29 is 9.53 Å². The summed E-state index contributed by atoms with van der Waals surface area (Å²) >= 11 is 0. The summed E-state index contributed by atoms with van der Waals surface area (Å²) in [6.45, 7) is 6.69. The number of nitrogens with zero attached hydrogens (tertiary/aromatic N) is 1. The van der Waals surface area contributed by atoms with E-state index in [1.807, 2.05) is 24.3 Å². The molecule has 0 spiro atoms. The summed E-state index contributed by atoms with van der Waals surface area (Å²) in [5.74, 6) is 6.28. The molecule has 0 unspecified atom stereocenters. The maximum atomic E-state index is 10.7. The highest BCUT2D eigenvalue weighted by Gasteiger charge is 2.08. The second-order valence-electron chi connectivity index (χ2n) is 6.32. The fraction of sp³-hybridized carbons (Fsp3) is 0.318. The van der Waals surface area contributed by atoms with Crippen molar-refractivity contribution >= 4 is 6.29 Å². The molecule has 0 saturated carbocycles. The molecule has 0 bridgehead atoms. The van der Waals surface area contributed by atoms with Gasteiger partial charge in [0.2, 0.25) is 0 Å². The minimum Gasteiger partial charge on any atom is -0.379 e. The van der Waals surface area contributed by atoms with Gasteiger partial charge in [0.05, 0.1) is 13.2 Å². The maximum absolute atomic E-state index is 10.7. The van der Waals surface area contributed by atoms with Gasteiger partial charge >= 0.3 is 0 Å². The second-order valence-corrected chi connectivity index (χ2v) is 6.32. The van der Waals surface area contributed by atoms with Gasteiger partial charge in [-0.2, -0.15) is 0 Å². The zero-order chi connectivity index (χ0) is 18.0. The Hall–Kier alpha value is -2.45. The molecule has 3 rings (SSSR count). The minimum absolute atomic E-state index is 0.668. The van der Waals surface area contributed by atoms with E-state index >= 15 is 0 Å². The van der Waals surface area contributed by atoms with Crippen LogP contribution >= 0.6 is 0 Å². The molecule has 1 N–H and O–H groups in total. The number of carbonyl (C=O) groups excluding carboxylic acids is 1. The van der Waals surface area contributed by atoms with Gasteiger partial charge in [0.1, 0.15) is 6.29 Å². The van der Waals surface area contributed by atoms with Gasteiger partial charge in [0, 0.05) is 49.4 Å². The van der Waals surface area contributed by atoms with Crippen molar-refractivity contribution in [1.82, 2.24) is 10.2 Å². The molecule has 1 heterocycles. The van der Waals surface area contributed by atoms with Crippen molar-refractivity contribution in [3.63, 3.8) is 0 Å². The predicted molar refractivity (Wildman–Crippen MR) is 103 cm³/mol. The number of morpholine rings is 1. The van der Waals surface area contributed by atoms with E-state index in [1.54, 1.807) is 12.1 Å². The molecular weight excluding hydrogens is 324 g/mol. The van der Waals surface area contributed by atoms with Crippen LogP contribution in [0.3, 0.4) is 0 Å². The molecular formula is C22H24N2O2. The van der Waals surface area contributed by atoms with Gasteiger partial charge in [0.25, 0.3) is 0 Å². The van der Waals surface area contributed by atoms with Crippen LogP contribution in [0.15, 0.2) is 48.5 Å². The molecule has 0 aliphatic carbocycles. The van der Waals surface area contributed by atoms with Crippen LogP contribution < -0.4 is 5.32 Å². The lowest BCUT2D eigenvalue weighted by molar-refractivity contribution is 0.0384. The van der Waals surface area contributed by atoms with E-state index in [0.717, 1.165) is 63.4 Å². The van der Waals surface area contributed by atoms with Gasteiger partial charge in [-0.25, -0.2) is 0 Å². The van der Waals surface area contributed by atoms with Gasteiger partial charge < -0.3 is 10.1 Å². The summed E-state index contributed by atoms with van der Waals surface area (Å²) in [5, 5.41) is 3.49. The molecule has 2 aromatic carbocycles. The average Bonchev–Trinajstić information content (AvgIpc) is 2.72. The summed E-state index contributed by atoms with van der Waals surface area (Å²) in [5.41, 5.74) is 3.82. The fourth-order valence-electron chi connectivity index (χ4n) is 2.79. The van der Waals surface area contributed by atoms with Gasteiger partial charge in [0.15, 0.2) is 0 Å². The summed E-state index contributed by atoms with van der Waals surface area (Å²) in [4.78, 5) is 13.1. The first kappa shape index (κ1) is 18.3. The van der Waals surface area contributed by atoms with E-state index in [4.69, 9.17) is 4.74 Å². The fourth-order valence-corrected chi connectivity index (χ4v) is 2.79. The van der Waals surface area contributed by atoms with E-state index < -0.39 is 0 Å². The normalized spacial score (nSPS) is 14.5. The number of ether oxygens (including phenoxy) is 1. The van der Waals surface area contributed by atoms with Crippen LogP contribution in [0.25, 0.3) is 0 Å². The third-order valence-corrected chi connectivity index (χ3v) is 4.39. The second kappa shape index (κ2) is 9.88. The zero-order valence-corrected chi connectivity index (χ0v) is 14.9. The Morgan fingerprint density at radius 1 is 0.962 bits per heavy atom. The highest BCUT2D eigenvalue weighted by atomic mass is 16.5. The monoisotopic (exact) mass is 348 g/mol. The largest absolute Gasteiger partial charge is 0.379 e. The van der Waals surface area contributed by atoms with Gasteiger partial charge in [-0.1, -0.05) is 36.1 Å². The Bertz CT molecular complexity index is 751. The van der Waals surface area contributed by atoms with Crippen molar-refractivity contribution in [2.75, 3.05) is 39.4 Å². The Kier molecular flexibility index (Phi) is 6.97. The first-order valence-corrected chi connectivity index (χ1v) is 9.00. The molecule has 134 valence electrons. The van der Waals surface area contributed by atoms with Crippen molar-refractivity contribution in [3.05, 3.63) is 70.8 Å². The van der Waals surface area contributed by atoms with Crippen LogP contribution in [-0.2, 0) is 11.3 Å². The van der Waals surface area contributed by atoms with E-state index in [2.05, 4.69) is 34.2 Å².